The Morgan fingerprint density at radius 3 is 1.89 bits per heavy atom. The predicted molar refractivity (Wildman–Crippen MR) is 86.7 cm³/mol. The van der Waals surface area contributed by atoms with Crippen LogP contribution in [0, 0.1) is 23.3 Å². The molecular weight excluding hydrogens is 244 g/mol. The molecule has 0 bridgehead atoms. The van der Waals surface area contributed by atoms with Gasteiger partial charge in [0.2, 0.25) is 0 Å². The molecule has 1 heteroatoms. The van der Waals surface area contributed by atoms with Gasteiger partial charge in [0.05, 0.1) is 0 Å². The molecule has 0 aromatic heterocycles. The van der Waals surface area contributed by atoms with Crippen LogP contribution in [0.1, 0.15) is 18.1 Å². The molecule has 2 aromatic rings. The first-order valence-corrected chi connectivity index (χ1v) is 9.98. The molecule has 0 fully saturated rings. The average Bonchev–Trinajstić information content (AvgIpc) is 2.35. The summed E-state index contributed by atoms with van der Waals surface area (Å²) >= 11 is 0. The lowest BCUT2D eigenvalue weighted by Gasteiger charge is -2.04. The molecule has 0 nitrogen and oxygen atoms in total. The SMILES string of the molecule is CC#Cc1ccc2ccc(C#C[Si](C)(C)C)cc2c1. The minimum absolute atomic E-state index is 1.06. The van der Waals surface area contributed by atoms with Crippen molar-refractivity contribution in [3.63, 3.8) is 0 Å². The van der Waals surface area contributed by atoms with Gasteiger partial charge in [-0.15, -0.1) is 11.5 Å². The van der Waals surface area contributed by atoms with Crippen molar-refractivity contribution in [1.29, 1.82) is 0 Å². The first-order valence-electron chi connectivity index (χ1n) is 6.48. The Hall–Kier alpha value is -1.96. The Morgan fingerprint density at radius 1 is 0.789 bits per heavy atom. The molecule has 94 valence electrons. The second-order valence-electron chi connectivity index (χ2n) is 5.65. The number of fused-ring (bicyclic) bond motifs is 1. The van der Waals surface area contributed by atoms with E-state index in [1.807, 2.05) is 6.92 Å². The second kappa shape index (κ2) is 5.35. The molecule has 0 saturated carbocycles. The van der Waals surface area contributed by atoms with Crippen LogP contribution in [-0.4, -0.2) is 8.07 Å². The maximum absolute atomic E-state index is 3.40. The minimum Gasteiger partial charge on any atom is -0.127 e. The smallest absolute Gasteiger partial charge is 0.127 e. The molecule has 0 atom stereocenters. The van der Waals surface area contributed by atoms with Crippen LogP contribution in [0.25, 0.3) is 10.8 Å². The van der Waals surface area contributed by atoms with Crippen LogP contribution in [0.15, 0.2) is 36.4 Å². The summed E-state index contributed by atoms with van der Waals surface area (Å²) in [4.78, 5) is 0. The van der Waals surface area contributed by atoms with Gasteiger partial charge in [-0.05, 0) is 42.0 Å². The normalized spacial score (nSPS) is 10.3. The fourth-order valence-electron chi connectivity index (χ4n) is 1.81. The molecule has 19 heavy (non-hydrogen) atoms. The zero-order chi connectivity index (χ0) is 13.9. The van der Waals surface area contributed by atoms with Crippen molar-refractivity contribution >= 4 is 18.8 Å². The molecule has 0 heterocycles. The quantitative estimate of drug-likeness (QED) is 0.486. The maximum atomic E-state index is 3.40. The van der Waals surface area contributed by atoms with Crippen LogP contribution < -0.4 is 0 Å². The zero-order valence-corrected chi connectivity index (χ0v) is 13.0. The minimum atomic E-state index is -1.31. The third-order valence-electron chi connectivity index (χ3n) is 2.69. The molecule has 0 radical (unpaired) electrons. The van der Waals surface area contributed by atoms with Crippen LogP contribution in [-0.2, 0) is 0 Å². The third kappa shape index (κ3) is 3.75. The molecular formula is C18H18Si. The summed E-state index contributed by atoms with van der Waals surface area (Å²) in [7, 11) is -1.31. The highest BCUT2D eigenvalue weighted by Crippen LogP contribution is 2.17. The molecule has 0 aliphatic heterocycles. The standard InChI is InChI=1S/C18H18Si/c1-5-6-15-7-9-17-10-8-16(14-18(17)13-15)11-12-19(2,3)4/h7-10,13-14H,1-4H3. The van der Waals surface area contributed by atoms with Gasteiger partial charge in [0, 0.05) is 11.1 Å². The lowest BCUT2D eigenvalue weighted by molar-refractivity contribution is 1.66. The fourth-order valence-corrected chi connectivity index (χ4v) is 2.33. The van der Waals surface area contributed by atoms with Crippen LogP contribution in [0.5, 0.6) is 0 Å². The van der Waals surface area contributed by atoms with E-state index in [9.17, 15) is 0 Å². The summed E-state index contributed by atoms with van der Waals surface area (Å²) in [5.41, 5.74) is 5.56. The van der Waals surface area contributed by atoms with E-state index >= 15 is 0 Å². The van der Waals surface area contributed by atoms with Crippen LogP contribution >= 0.6 is 0 Å². The van der Waals surface area contributed by atoms with Gasteiger partial charge >= 0.3 is 0 Å². The van der Waals surface area contributed by atoms with Crippen molar-refractivity contribution in [2.75, 3.05) is 0 Å². The molecule has 2 rings (SSSR count). The highest BCUT2D eigenvalue weighted by Gasteiger charge is 2.07. The highest BCUT2D eigenvalue weighted by atomic mass is 28.3. The van der Waals surface area contributed by atoms with Gasteiger partial charge in [0.25, 0.3) is 0 Å². The third-order valence-corrected chi connectivity index (χ3v) is 3.57. The van der Waals surface area contributed by atoms with Gasteiger partial charge in [0.1, 0.15) is 8.07 Å². The first-order chi connectivity index (χ1) is 8.98. The van der Waals surface area contributed by atoms with Gasteiger partial charge in [-0.25, -0.2) is 0 Å². The summed E-state index contributed by atoms with van der Waals surface area (Å²) in [6.07, 6.45) is 0. The van der Waals surface area contributed by atoms with Crippen LogP contribution in [0.4, 0.5) is 0 Å². The number of benzene rings is 2. The first kappa shape index (κ1) is 13.5. The van der Waals surface area contributed by atoms with Gasteiger partial charge in [-0.1, -0.05) is 43.6 Å². The summed E-state index contributed by atoms with van der Waals surface area (Å²) in [5, 5.41) is 2.45. The van der Waals surface area contributed by atoms with E-state index in [1.165, 1.54) is 10.8 Å². The number of hydrogen-bond acceptors (Lipinski definition) is 0. The summed E-state index contributed by atoms with van der Waals surface area (Å²) < 4.78 is 0. The summed E-state index contributed by atoms with van der Waals surface area (Å²) in [5.74, 6) is 9.34. The molecule has 0 aliphatic carbocycles. The molecule has 2 aromatic carbocycles. The van der Waals surface area contributed by atoms with Crippen molar-refractivity contribution in [2.45, 2.75) is 26.6 Å². The summed E-state index contributed by atoms with van der Waals surface area (Å²) in [6, 6.07) is 12.7. The van der Waals surface area contributed by atoms with E-state index in [0.29, 0.717) is 0 Å². The Balaban J connectivity index is 2.47. The molecule has 0 N–H and O–H groups in total. The van der Waals surface area contributed by atoms with Crippen molar-refractivity contribution in [2.24, 2.45) is 0 Å². The van der Waals surface area contributed by atoms with E-state index < -0.39 is 8.07 Å². The van der Waals surface area contributed by atoms with Crippen LogP contribution in [0.2, 0.25) is 19.6 Å². The van der Waals surface area contributed by atoms with Crippen molar-refractivity contribution in [1.82, 2.24) is 0 Å². The topological polar surface area (TPSA) is 0 Å². The van der Waals surface area contributed by atoms with Crippen molar-refractivity contribution in [3.05, 3.63) is 47.5 Å². The van der Waals surface area contributed by atoms with Gasteiger partial charge in [-0.2, -0.15) is 0 Å². The second-order valence-corrected chi connectivity index (χ2v) is 10.4. The number of rotatable bonds is 0. The lowest BCUT2D eigenvalue weighted by Crippen LogP contribution is -2.16. The van der Waals surface area contributed by atoms with E-state index in [4.69, 9.17) is 0 Å². The largest absolute Gasteiger partial charge is 0.129 e. The van der Waals surface area contributed by atoms with Crippen molar-refractivity contribution < 1.29 is 0 Å². The Kier molecular flexibility index (Phi) is 3.79. The Bertz CT molecular complexity index is 725. The zero-order valence-electron chi connectivity index (χ0n) is 12.0. The fraction of sp³-hybridized carbons (Fsp3) is 0.222. The van der Waals surface area contributed by atoms with E-state index in [1.54, 1.807) is 0 Å². The summed E-state index contributed by atoms with van der Waals surface area (Å²) in [6.45, 7) is 8.64. The monoisotopic (exact) mass is 262 g/mol. The molecule has 0 saturated heterocycles. The van der Waals surface area contributed by atoms with Gasteiger partial charge in [0.15, 0.2) is 0 Å². The molecule has 0 amide bonds. The van der Waals surface area contributed by atoms with E-state index in [2.05, 4.69) is 79.3 Å². The van der Waals surface area contributed by atoms with Crippen molar-refractivity contribution in [3.8, 4) is 23.3 Å². The average molecular weight is 262 g/mol. The molecule has 0 unspecified atom stereocenters. The maximum Gasteiger partial charge on any atom is 0.129 e. The van der Waals surface area contributed by atoms with E-state index in [-0.39, 0.29) is 0 Å². The molecule has 0 spiro atoms. The van der Waals surface area contributed by atoms with Gasteiger partial charge < -0.3 is 0 Å². The van der Waals surface area contributed by atoms with Gasteiger partial charge in [-0.3, -0.25) is 0 Å². The van der Waals surface area contributed by atoms with Crippen LogP contribution in [0.3, 0.4) is 0 Å². The number of hydrogen-bond donors (Lipinski definition) is 0. The highest BCUT2D eigenvalue weighted by molar-refractivity contribution is 6.83. The van der Waals surface area contributed by atoms with E-state index in [0.717, 1.165) is 11.1 Å². The lowest BCUT2D eigenvalue weighted by atomic mass is 10.0. The Labute approximate surface area is 116 Å². The molecule has 0 aliphatic rings. The predicted octanol–water partition coefficient (Wildman–Crippen LogP) is 4.44. The Morgan fingerprint density at radius 2 is 1.37 bits per heavy atom.